The quantitative estimate of drug-likeness (QED) is 0.823. The van der Waals surface area contributed by atoms with E-state index in [9.17, 15) is 4.79 Å². The number of amides is 1. The number of ether oxygens (including phenoxy) is 1. The van der Waals surface area contributed by atoms with Crippen LogP contribution >= 0.6 is 11.8 Å². The molecule has 4 rings (SSSR count). The van der Waals surface area contributed by atoms with Gasteiger partial charge in [-0.25, -0.2) is 4.79 Å². The van der Waals surface area contributed by atoms with Crippen LogP contribution < -0.4 is 0 Å². The number of thioether (sulfide) groups is 1. The van der Waals surface area contributed by atoms with Crippen molar-refractivity contribution in [3.8, 4) is 11.1 Å². The maximum absolute atomic E-state index is 12.3. The number of carbonyl (C=O) groups is 1. The van der Waals surface area contributed by atoms with E-state index in [0.717, 1.165) is 11.6 Å². The topological polar surface area (TPSA) is 29.5 Å². The molecule has 2 aromatic carbocycles. The van der Waals surface area contributed by atoms with Crippen LogP contribution in [0.25, 0.3) is 11.1 Å². The Kier molecular flexibility index (Phi) is 3.77. The number of hydrogen-bond donors (Lipinski definition) is 0. The first-order valence-electron chi connectivity index (χ1n) is 7.95. The van der Waals surface area contributed by atoms with Crippen molar-refractivity contribution in [1.82, 2.24) is 4.90 Å². The molecule has 1 aliphatic heterocycles. The monoisotopic (exact) mass is 325 g/mol. The second kappa shape index (κ2) is 5.93. The molecule has 118 valence electrons. The Labute approximate surface area is 140 Å². The third-order valence-electron chi connectivity index (χ3n) is 4.69. The highest BCUT2D eigenvalue weighted by Crippen LogP contribution is 2.44. The van der Waals surface area contributed by atoms with Crippen LogP contribution in [0.2, 0.25) is 0 Å². The Balaban J connectivity index is 1.56. The number of carbonyl (C=O) groups excluding carboxylic acids is 1. The van der Waals surface area contributed by atoms with Crippen LogP contribution in [0.1, 0.15) is 24.0 Å². The van der Waals surface area contributed by atoms with Gasteiger partial charge in [0.05, 0.1) is 5.88 Å². The second-order valence-corrected chi connectivity index (χ2v) is 7.12. The number of fused-ring (bicyclic) bond motifs is 3. The minimum Gasteiger partial charge on any atom is -0.448 e. The average molecular weight is 325 g/mol. The van der Waals surface area contributed by atoms with Gasteiger partial charge in [0.1, 0.15) is 6.61 Å². The molecule has 0 aromatic heterocycles. The van der Waals surface area contributed by atoms with E-state index in [2.05, 4.69) is 55.5 Å². The summed E-state index contributed by atoms with van der Waals surface area (Å²) >= 11 is 1.78. The highest BCUT2D eigenvalue weighted by molar-refractivity contribution is 7.99. The number of nitrogens with zero attached hydrogens (tertiary/aromatic N) is 1. The molecule has 1 atom stereocenters. The van der Waals surface area contributed by atoms with E-state index in [4.69, 9.17) is 4.74 Å². The molecule has 0 saturated carbocycles. The predicted octanol–water partition coefficient (Wildman–Crippen LogP) is 4.33. The summed E-state index contributed by atoms with van der Waals surface area (Å²) in [5, 5.41) is 0. The van der Waals surface area contributed by atoms with Crippen LogP contribution in [-0.2, 0) is 4.74 Å². The predicted molar refractivity (Wildman–Crippen MR) is 93.7 cm³/mol. The lowest BCUT2D eigenvalue weighted by Gasteiger charge is -2.21. The van der Waals surface area contributed by atoms with E-state index >= 15 is 0 Å². The van der Waals surface area contributed by atoms with E-state index in [1.54, 1.807) is 11.8 Å². The summed E-state index contributed by atoms with van der Waals surface area (Å²) in [5.41, 5.74) is 5.03. The molecule has 0 spiro atoms. The largest absolute Gasteiger partial charge is 0.448 e. The second-order valence-electron chi connectivity index (χ2n) is 6.12. The van der Waals surface area contributed by atoms with Gasteiger partial charge in [0, 0.05) is 17.7 Å². The zero-order valence-corrected chi connectivity index (χ0v) is 13.9. The fourth-order valence-electron chi connectivity index (χ4n) is 3.45. The third kappa shape index (κ3) is 2.51. The number of hydrogen-bond acceptors (Lipinski definition) is 3. The number of rotatable bonds is 2. The van der Waals surface area contributed by atoms with Gasteiger partial charge >= 0.3 is 6.09 Å². The van der Waals surface area contributed by atoms with Gasteiger partial charge < -0.3 is 4.74 Å². The zero-order valence-electron chi connectivity index (χ0n) is 13.1. The lowest BCUT2D eigenvalue weighted by Crippen LogP contribution is -2.35. The first kappa shape index (κ1) is 14.6. The molecular weight excluding hydrogens is 306 g/mol. The van der Waals surface area contributed by atoms with Crippen molar-refractivity contribution in [1.29, 1.82) is 0 Å². The highest BCUT2D eigenvalue weighted by atomic mass is 32.2. The molecule has 1 amide bonds. The Bertz CT molecular complexity index is 700. The first-order chi connectivity index (χ1) is 11.3. The van der Waals surface area contributed by atoms with Gasteiger partial charge in [0.15, 0.2) is 0 Å². The van der Waals surface area contributed by atoms with Crippen molar-refractivity contribution >= 4 is 17.9 Å². The van der Waals surface area contributed by atoms with Gasteiger partial charge in [-0.1, -0.05) is 48.5 Å². The van der Waals surface area contributed by atoms with Crippen LogP contribution in [0.15, 0.2) is 48.5 Å². The van der Waals surface area contributed by atoms with Gasteiger partial charge in [0.2, 0.25) is 0 Å². The van der Waals surface area contributed by atoms with E-state index in [1.807, 2.05) is 4.90 Å². The van der Waals surface area contributed by atoms with Crippen molar-refractivity contribution in [2.24, 2.45) is 0 Å². The fourth-order valence-corrected chi connectivity index (χ4v) is 4.63. The van der Waals surface area contributed by atoms with Gasteiger partial charge in [-0.2, -0.15) is 0 Å². The Morgan fingerprint density at radius 3 is 2.30 bits per heavy atom. The van der Waals surface area contributed by atoms with Crippen LogP contribution in [0.4, 0.5) is 4.79 Å². The van der Waals surface area contributed by atoms with Crippen molar-refractivity contribution in [3.05, 3.63) is 59.7 Å². The molecule has 3 nitrogen and oxygen atoms in total. The van der Waals surface area contributed by atoms with Crippen molar-refractivity contribution in [2.75, 3.05) is 18.2 Å². The van der Waals surface area contributed by atoms with Gasteiger partial charge in [-0.05, 0) is 29.2 Å². The Hall–Kier alpha value is -1.94. The summed E-state index contributed by atoms with van der Waals surface area (Å²) in [6.07, 6.45) is -0.190. The van der Waals surface area contributed by atoms with Gasteiger partial charge in [-0.3, -0.25) is 4.90 Å². The third-order valence-corrected chi connectivity index (χ3v) is 5.87. The molecule has 0 radical (unpaired) electrons. The van der Waals surface area contributed by atoms with E-state index in [0.29, 0.717) is 6.61 Å². The molecule has 0 unspecified atom stereocenters. The van der Waals surface area contributed by atoms with Crippen LogP contribution in [0.3, 0.4) is 0 Å². The minimum atomic E-state index is -0.190. The molecule has 1 aliphatic carbocycles. The van der Waals surface area contributed by atoms with Crippen molar-refractivity contribution in [2.45, 2.75) is 18.9 Å². The van der Waals surface area contributed by atoms with Gasteiger partial charge in [0.25, 0.3) is 0 Å². The Morgan fingerprint density at radius 1 is 1.13 bits per heavy atom. The SMILES string of the molecule is C[C@@H]1CSCN1C(=O)OCC1c2ccccc2-c2ccccc21. The van der Waals surface area contributed by atoms with Crippen LogP contribution in [-0.4, -0.2) is 35.3 Å². The molecular formula is C19H19NO2S. The molecule has 2 aromatic rings. The zero-order chi connectivity index (χ0) is 15.8. The van der Waals surface area contributed by atoms with E-state index < -0.39 is 0 Å². The molecule has 0 bridgehead atoms. The summed E-state index contributed by atoms with van der Waals surface area (Å²) in [6, 6.07) is 17.1. The van der Waals surface area contributed by atoms with Crippen molar-refractivity contribution in [3.63, 3.8) is 0 Å². The maximum atomic E-state index is 12.3. The highest BCUT2D eigenvalue weighted by Gasteiger charge is 2.31. The average Bonchev–Trinajstić information content (AvgIpc) is 3.14. The molecule has 2 aliphatic rings. The summed E-state index contributed by atoms with van der Waals surface area (Å²) < 4.78 is 5.67. The van der Waals surface area contributed by atoms with E-state index in [-0.39, 0.29) is 18.1 Å². The first-order valence-corrected chi connectivity index (χ1v) is 9.10. The summed E-state index contributed by atoms with van der Waals surface area (Å²) in [7, 11) is 0. The molecule has 23 heavy (non-hydrogen) atoms. The van der Waals surface area contributed by atoms with Crippen LogP contribution in [0, 0.1) is 0 Å². The minimum absolute atomic E-state index is 0.136. The summed E-state index contributed by atoms with van der Waals surface area (Å²) in [4.78, 5) is 14.1. The molecule has 1 saturated heterocycles. The normalized spacial score (nSPS) is 19.5. The smallest absolute Gasteiger partial charge is 0.410 e. The Morgan fingerprint density at radius 2 is 1.74 bits per heavy atom. The molecule has 1 fully saturated rings. The molecule has 0 N–H and O–H groups in total. The fraction of sp³-hybridized carbons (Fsp3) is 0.316. The van der Waals surface area contributed by atoms with E-state index in [1.165, 1.54) is 22.3 Å². The molecule has 1 heterocycles. The van der Waals surface area contributed by atoms with Crippen molar-refractivity contribution < 1.29 is 9.53 Å². The number of benzene rings is 2. The maximum Gasteiger partial charge on any atom is 0.410 e. The summed E-state index contributed by atoms with van der Waals surface area (Å²) in [6.45, 7) is 2.47. The van der Waals surface area contributed by atoms with Crippen LogP contribution in [0.5, 0.6) is 0 Å². The molecule has 4 heteroatoms. The van der Waals surface area contributed by atoms with Gasteiger partial charge in [-0.15, -0.1) is 11.8 Å². The standard InChI is InChI=1S/C19H19NO2S/c1-13-11-23-12-20(13)19(21)22-10-18-16-8-4-2-6-14(16)15-7-3-5-9-17(15)18/h2-9,13,18H,10-12H2,1H3/t13-/m1/s1. The lowest BCUT2D eigenvalue weighted by atomic mass is 9.98. The lowest BCUT2D eigenvalue weighted by molar-refractivity contribution is 0.100. The summed E-state index contributed by atoms with van der Waals surface area (Å²) in [5.74, 6) is 1.86.